The molecule has 0 bridgehead atoms. The van der Waals surface area contributed by atoms with E-state index in [1.54, 1.807) is 32.0 Å². The van der Waals surface area contributed by atoms with Gasteiger partial charge in [0.15, 0.2) is 5.60 Å². The largest absolute Gasteiger partial charge is 0.483 e. The van der Waals surface area contributed by atoms with E-state index in [4.69, 9.17) is 4.74 Å². The summed E-state index contributed by atoms with van der Waals surface area (Å²) in [5.41, 5.74) is -0.896. The van der Waals surface area contributed by atoms with Crippen molar-refractivity contribution in [2.45, 2.75) is 31.8 Å². The van der Waals surface area contributed by atoms with Gasteiger partial charge in [0.25, 0.3) is 5.69 Å². The zero-order valence-corrected chi connectivity index (χ0v) is 11.9. The molecular formula is C15H17NO5. The van der Waals surface area contributed by atoms with Crippen molar-refractivity contribution in [2.75, 3.05) is 6.61 Å². The molecule has 1 heterocycles. The Morgan fingerprint density at radius 1 is 1.43 bits per heavy atom. The van der Waals surface area contributed by atoms with Crippen molar-refractivity contribution >= 4 is 11.5 Å². The van der Waals surface area contributed by atoms with Gasteiger partial charge in [0.2, 0.25) is 5.78 Å². The summed E-state index contributed by atoms with van der Waals surface area (Å²) in [6, 6.07) is 6.24. The van der Waals surface area contributed by atoms with E-state index >= 15 is 0 Å². The third-order valence-corrected chi connectivity index (χ3v) is 3.79. The highest BCUT2D eigenvalue weighted by molar-refractivity contribution is 6.00. The van der Waals surface area contributed by atoms with E-state index in [-0.39, 0.29) is 24.5 Å². The quantitative estimate of drug-likeness (QED) is 0.664. The van der Waals surface area contributed by atoms with Crippen LogP contribution in [-0.2, 0) is 9.53 Å². The summed E-state index contributed by atoms with van der Waals surface area (Å²) in [6.07, 6.45) is 1.59. The molecule has 1 N–H and O–H groups in total. The van der Waals surface area contributed by atoms with Crippen molar-refractivity contribution in [1.29, 1.82) is 0 Å². The van der Waals surface area contributed by atoms with Crippen LogP contribution in [0.15, 0.2) is 36.1 Å². The van der Waals surface area contributed by atoms with Gasteiger partial charge in [0, 0.05) is 30.2 Å². The van der Waals surface area contributed by atoms with E-state index in [0.29, 0.717) is 11.3 Å². The van der Waals surface area contributed by atoms with Gasteiger partial charge in [-0.1, -0.05) is 18.2 Å². The minimum atomic E-state index is -1.22. The molecule has 0 fully saturated rings. The van der Waals surface area contributed by atoms with E-state index in [1.165, 1.54) is 12.1 Å². The summed E-state index contributed by atoms with van der Waals surface area (Å²) in [5, 5.41) is 20.5. The van der Waals surface area contributed by atoms with Crippen LogP contribution in [0.25, 0.3) is 0 Å². The van der Waals surface area contributed by atoms with Gasteiger partial charge in [0.05, 0.1) is 10.7 Å². The Kier molecular flexibility index (Phi) is 4.09. The van der Waals surface area contributed by atoms with E-state index in [2.05, 4.69) is 0 Å². The molecule has 6 nitrogen and oxygen atoms in total. The molecule has 0 saturated heterocycles. The molecule has 2 rings (SSSR count). The first kappa shape index (κ1) is 15.2. The van der Waals surface area contributed by atoms with Crippen LogP contribution in [0.3, 0.4) is 0 Å². The topological polar surface area (TPSA) is 89.7 Å². The average Bonchev–Trinajstić information content (AvgIpc) is 2.70. The monoisotopic (exact) mass is 291 g/mol. The first-order valence-corrected chi connectivity index (χ1v) is 6.66. The number of carbonyl (C=O) groups is 1. The van der Waals surface area contributed by atoms with Gasteiger partial charge in [-0.05, 0) is 20.3 Å². The van der Waals surface area contributed by atoms with Gasteiger partial charge in [-0.2, -0.15) is 0 Å². The first-order valence-electron chi connectivity index (χ1n) is 6.66. The summed E-state index contributed by atoms with van der Waals surface area (Å²) >= 11 is 0. The molecule has 0 saturated carbocycles. The van der Waals surface area contributed by atoms with Crippen LogP contribution in [-0.4, -0.2) is 28.0 Å². The molecule has 1 aliphatic heterocycles. The maximum Gasteiger partial charge on any atom is 0.273 e. The van der Waals surface area contributed by atoms with Crippen molar-refractivity contribution < 1.29 is 19.6 Å². The van der Waals surface area contributed by atoms with Crippen LogP contribution in [0.4, 0.5) is 5.69 Å². The predicted octanol–water partition coefficient (Wildman–Crippen LogP) is 2.32. The molecule has 21 heavy (non-hydrogen) atoms. The van der Waals surface area contributed by atoms with Gasteiger partial charge in [0.1, 0.15) is 0 Å². The minimum absolute atomic E-state index is 0.0712. The van der Waals surface area contributed by atoms with Crippen LogP contribution in [0, 0.1) is 10.1 Å². The number of hydrogen-bond acceptors (Lipinski definition) is 5. The van der Waals surface area contributed by atoms with Gasteiger partial charge in [-0.15, -0.1) is 0 Å². The molecule has 112 valence electrons. The molecular weight excluding hydrogens is 274 g/mol. The number of benzene rings is 1. The summed E-state index contributed by atoms with van der Waals surface area (Å²) < 4.78 is 5.64. The first-order chi connectivity index (χ1) is 9.90. The number of nitro groups is 1. The highest BCUT2D eigenvalue weighted by atomic mass is 16.6. The smallest absolute Gasteiger partial charge is 0.273 e. The number of ketones is 1. The lowest BCUT2D eigenvalue weighted by Crippen LogP contribution is -2.40. The number of ether oxygens (including phenoxy) is 1. The molecule has 0 aromatic heterocycles. The normalized spacial score (nSPS) is 22.6. The summed E-state index contributed by atoms with van der Waals surface area (Å²) in [4.78, 5) is 22.9. The average molecular weight is 291 g/mol. The number of allylic oxidation sites excluding steroid dienone is 1. The van der Waals surface area contributed by atoms with Crippen molar-refractivity contribution in [3.8, 4) is 0 Å². The van der Waals surface area contributed by atoms with Gasteiger partial charge >= 0.3 is 0 Å². The summed E-state index contributed by atoms with van der Waals surface area (Å²) in [6.45, 7) is 3.08. The number of aliphatic hydroxyl groups excluding tert-OH is 1. The van der Waals surface area contributed by atoms with E-state index in [0.717, 1.165) is 0 Å². The Hall–Kier alpha value is -2.21. The van der Waals surface area contributed by atoms with Crippen LogP contribution < -0.4 is 0 Å². The SMILES string of the molecule is CC1=CC(=O)[C@@](C)([C@@H](CCO)c2ccccc2[N+](=O)[O-])O1. The molecule has 1 aromatic carbocycles. The maximum absolute atomic E-state index is 12.2. The molecule has 0 unspecified atom stereocenters. The molecule has 1 aromatic rings. The third-order valence-electron chi connectivity index (χ3n) is 3.79. The fraction of sp³-hybridized carbons (Fsp3) is 0.400. The Bertz CT molecular complexity index is 610. The Morgan fingerprint density at radius 3 is 2.62 bits per heavy atom. The van der Waals surface area contributed by atoms with Crippen LogP contribution in [0.1, 0.15) is 31.7 Å². The Labute approximate surface area is 122 Å². The number of nitro benzene ring substituents is 1. The van der Waals surface area contributed by atoms with Crippen molar-refractivity contribution in [1.82, 2.24) is 0 Å². The zero-order chi connectivity index (χ0) is 15.6. The summed E-state index contributed by atoms with van der Waals surface area (Å²) in [5.74, 6) is -0.356. The standard InChI is InChI=1S/C15H17NO5/c1-10-9-14(18)15(2,21-10)12(7-8-17)11-5-3-4-6-13(11)16(19)20/h3-6,9,12,17H,7-8H2,1-2H3/t12-,15+/m0/s1. The van der Waals surface area contributed by atoms with Crippen LogP contribution >= 0.6 is 0 Å². The molecule has 0 amide bonds. The van der Waals surface area contributed by atoms with E-state index in [9.17, 15) is 20.0 Å². The van der Waals surface area contributed by atoms with Crippen molar-refractivity contribution in [3.63, 3.8) is 0 Å². The van der Waals surface area contributed by atoms with Gasteiger partial charge in [-0.25, -0.2) is 0 Å². The number of nitrogens with zero attached hydrogens (tertiary/aromatic N) is 1. The number of rotatable bonds is 5. The highest BCUT2D eigenvalue weighted by Gasteiger charge is 2.48. The third kappa shape index (κ3) is 2.67. The zero-order valence-electron chi connectivity index (χ0n) is 11.9. The van der Waals surface area contributed by atoms with Crippen molar-refractivity contribution in [2.24, 2.45) is 0 Å². The summed E-state index contributed by atoms with van der Waals surface area (Å²) in [7, 11) is 0. The number of para-hydroxylation sites is 1. The highest BCUT2D eigenvalue weighted by Crippen LogP contribution is 2.42. The molecule has 6 heteroatoms. The Balaban J connectivity index is 2.51. The lowest BCUT2D eigenvalue weighted by Gasteiger charge is -2.32. The second kappa shape index (κ2) is 5.65. The fourth-order valence-electron chi connectivity index (χ4n) is 2.79. The van der Waals surface area contributed by atoms with Gasteiger partial charge < -0.3 is 9.84 Å². The second-order valence-electron chi connectivity index (χ2n) is 5.21. The van der Waals surface area contributed by atoms with Crippen LogP contribution in [0.5, 0.6) is 0 Å². The van der Waals surface area contributed by atoms with Crippen molar-refractivity contribution in [3.05, 3.63) is 51.8 Å². The number of aliphatic hydroxyl groups is 1. The molecule has 1 aliphatic rings. The fourth-order valence-corrected chi connectivity index (χ4v) is 2.79. The Morgan fingerprint density at radius 2 is 2.10 bits per heavy atom. The number of hydrogen-bond donors (Lipinski definition) is 1. The lowest BCUT2D eigenvalue weighted by molar-refractivity contribution is -0.386. The molecule has 0 radical (unpaired) electrons. The predicted molar refractivity (Wildman–Crippen MR) is 75.8 cm³/mol. The van der Waals surface area contributed by atoms with Gasteiger partial charge in [-0.3, -0.25) is 14.9 Å². The maximum atomic E-state index is 12.2. The van der Waals surface area contributed by atoms with E-state index in [1.807, 2.05) is 0 Å². The number of carbonyl (C=O) groups excluding carboxylic acids is 1. The molecule has 0 spiro atoms. The van der Waals surface area contributed by atoms with Crippen LogP contribution in [0.2, 0.25) is 0 Å². The minimum Gasteiger partial charge on any atom is -0.483 e. The molecule has 0 aliphatic carbocycles. The van der Waals surface area contributed by atoms with E-state index < -0.39 is 16.4 Å². The lowest BCUT2D eigenvalue weighted by atomic mass is 9.78. The molecule has 2 atom stereocenters. The second-order valence-corrected chi connectivity index (χ2v) is 5.21.